The molecule has 1 fully saturated rings. The monoisotopic (exact) mass is 593 g/mol. The van der Waals surface area contributed by atoms with Crippen LogP contribution in [0.4, 0.5) is 0 Å². The number of carbonyl (C=O) groups is 1. The zero-order valence-corrected chi connectivity index (χ0v) is 24.6. The summed E-state index contributed by atoms with van der Waals surface area (Å²) < 4.78 is 39.3. The Hall–Kier alpha value is -2.28. The van der Waals surface area contributed by atoms with E-state index >= 15 is 0 Å². The highest BCUT2D eigenvalue weighted by Gasteiger charge is 2.48. The first kappa shape index (κ1) is 29.7. The molecule has 212 valence electrons. The fourth-order valence-electron chi connectivity index (χ4n) is 4.86. The Kier molecular flexibility index (Phi) is 10.2. The molecule has 1 saturated carbocycles. The van der Waals surface area contributed by atoms with E-state index < -0.39 is 21.7 Å². The molecule has 0 saturated heterocycles. The predicted octanol–water partition coefficient (Wildman–Crippen LogP) is 5.00. The van der Waals surface area contributed by atoms with Crippen molar-refractivity contribution >= 4 is 38.8 Å². The summed E-state index contributed by atoms with van der Waals surface area (Å²) in [5.41, 5.74) is -0.484. The summed E-state index contributed by atoms with van der Waals surface area (Å²) in [4.78, 5) is 16.3. The fourth-order valence-corrected chi connectivity index (χ4v) is 7.06. The molecule has 4 rings (SSSR count). The molecular formula is C28H35NO7S3. The second-order valence-electron chi connectivity index (χ2n) is 9.74. The Morgan fingerprint density at radius 1 is 1.00 bits per heavy atom. The van der Waals surface area contributed by atoms with Crippen molar-refractivity contribution in [1.29, 1.82) is 0 Å². The van der Waals surface area contributed by atoms with Gasteiger partial charge in [0, 0.05) is 12.6 Å². The van der Waals surface area contributed by atoms with E-state index in [2.05, 4.69) is 11.9 Å². The summed E-state index contributed by atoms with van der Waals surface area (Å²) in [6.45, 7) is 1.43. The third-order valence-corrected chi connectivity index (χ3v) is 9.51. The molecule has 1 aliphatic carbocycles. The maximum Gasteiger partial charge on any atom is 0.347 e. The molecule has 0 radical (unpaired) electrons. The number of nitrogens with zero attached hydrogens (tertiary/aromatic N) is 1. The lowest BCUT2D eigenvalue weighted by Crippen LogP contribution is -2.45. The third-order valence-electron chi connectivity index (χ3n) is 6.97. The molecule has 1 N–H and O–H groups in total. The van der Waals surface area contributed by atoms with Crippen molar-refractivity contribution in [2.24, 2.45) is 0 Å². The van der Waals surface area contributed by atoms with Gasteiger partial charge in [-0.15, -0.1) is 22.7 Å². The SMILES string of the molecule is CN(CCOc1ccc(CCOS(C)(=O)=O)cc1)C1CCC(OC(C(=O)O)(c2cccs2)c2cccs2)CC1. The molecule has 0 aliphatic heterocycles. The Morgan fingerprint density at radius 2 is 1.62 bits per heavy atom. The maximum absolute atomic E-state index is 12.6. The van der Waals surface area contributed by atoms with E-state index in [0.717, 1.165) is 49.8 Å². The van der Waals surface area contributed by atoms with Crippen molar-refractivity contribution in [3.63, 3.8) is 0 Å². The first-order valence-corrected chi connectivity index (χ1v) is 16.5. The van der Waals surface area contributed by atoms with Gasteiger partial charge in [-0.1, -0.05) is 24.3 Å². The quantitative estimate of drug-likeness (QED) is 0.261. The lowest BCUT2D eigenvalue weighted by molar-refractivity contribution is -0.170. The topological polar surface area (TPSA) is 102 Å². The van der Waals surface area contributed by atoms with Gasteiger partial charge in [-0.05, 0) is 79.7 Å². The number of likely N-dealkylation sites (N-methyl/N-ethyl adjacent to an activating group) is 1. The van der Waals surface area contributed by atoms with Crippen LogP contribution in [0.5, 0.6) is 5.75 Å². The largest absolute Gasteiger partial charge is 0.492 e. The Bertz CT molecular complexity index is 1230. The summed E-state index contributed by atoms with van der Waals surface area (Å²) in [5, 5.41) is 14.1. The van der Waals surface area contributed by atoms with Gasteiger partial charge >= 0.3 is 5.97 Å². The van der Waals surface area contributed by atoms with Crippen LogP contribution in [0.2, 0.25) is 0 Å². The number of hydrogen-bond acceptors (Lipinski definition) is 9. The van der Waals surface area contributed by atoms with Gasteiger partial charge in [0.2, 0.25) is 5.60 Å². The molecule has 39 heavy (non-hydrogen) atoms. The van der Waals surface area contributed by atoms with Crippen molar-refractivity contribution in [3.8, 4) is 5.75 Å². The van der Waals surface area contributed by atoms with Crippen LogP contribution in [-0.4, -0.2) is 69.6 Å². The normalized spacial score (nSPS) is 18.3. The average molecular weight is 594 g/mol. The molecule has 3 aromatic rings. The second-order valence-corrected chi connectivity index (χ2v) is 13.3. The lowest BCUT2D eigenvalue weighted by atomic mass is 9.90. The molecule has 0 bridgehead atoms. The Morgan fingerprint density at radius 3 is 2.13 bits per heavy atom. The van der Waals surface area contributed by atoms with Crippen molar-refractivity contribution in [1.82, 2.24) is 4.90 Å². The minimum absolute atomic E-state index is 0.122. The van der Waals surface area contributed by atoms with Crippen LogP contribution in [0.25, 0.3) is 0 Å². The number of rotatable bonds is 14. The number of hydrogen-bond donors (Lipinski definition) is 1. The molecule has 0 amide bonds. The predicted molar refractivity (Wildman–Crippen MR) is 153 cm³/mol. The highest BCUT2D eigenvalue weighted by atomic mass is 32.2. The zero-order chi connectivity index (χ0) is 27.9. The number of ether oxygens (including phenoxy) is 2. The number of benzene rings is 1. The van der Waals surface area contributed by atoms with Crippen molar-refractivity contribution in [3.05, 3.63) is 74.6 Å². The van der Waals surface area contributed by atoms with E-state index in [1.807, 2.05) is 59.3 Å². The summed E-state index contributed by atoms with van der Waals surface area (Å²) in [7, 11) is -1.33. The molecule has 0 atom stereocenters. The third kappa shape index (κ3) is 7.90. The van der Waals surface area contributed by atoms with Crippen LogP contribution in [0.1, 0.15) is 41.0 Å². The van der Waals surface area contributed by atoms with E-state index in [9.17, 15) is 18.3 Å². The van der Waals surface area contributed by atoms with Crippen LogP contribution in [-0.2, 0) is 35.9 Å². The molecule has 8 nitrogen and oxygen atoms in total. The molecule has 0 unspecified atom stereocenters. The van der Waals surface area contributed by atoms with E-state index in [0.29, 0.717) is 28.8 Å². The number of carboxylic acid groups (broad SMARTS) is 1. The number of thiophene rings is 2. The Balaban J connectivity index is 1.24. The summed E-state index contributed by atoms with van der Waals surface area (Å²) in [6.07, 6.45) is 4.87. The van der Waals surface area contributed by atoms with Gasteiger partial charge in [-0.25, -0.2) is 4.79 Å². The standard InChI is InChI=1S/C28H35NO7S3/c1-29(16-18-34-23-11-7-21(8-12-23)15-17-35-39(2,32)33)22-9-13-24(14-10-22)36-28(27(30)31,25-5-3-19-37-25)26-6-4-20-38-26/h3-8,11-12,19-20,22,24H,9-10,13-18H2,1-2H3,(H,30,31). The molecule has 2 aromatic heterocycles. The lowest BCUT2D eigenvalue weighted by Gasteiger charge is -2.38. The first-order valence-electron chi connectivity index (χ1n) is 12.9. The fraction of sp³-hybridized carbons (Fsp3) is 0.464. The molecule has 11 heteroatoms. The smallest absolute Gasteiger partial charge is 0.347 e. The summed E-state index contributed by atoms with van der Waals surface area (Å²) in [5.74, 6) is -0.209. The average Bonchev–Trinajstić information content (AvgIpc) is 3.63. The molecular weight excluding hydrogens is 559 g/mol. The van der Waals surface area contributed by atoms with Crippen molar-refractivity contribution < 1.29 is 32.0 Å². The Labute approximate surface area is 238 Å². The first-order chi connectivity index (χ1) is 18.7. The van der Waals surface area contributed by atoms with Crippen LogP contribution in [0, 0.1) is 0 Å². The van der Waals surface area contributed by atoms with Crippen LogP contribution in [0.15, 0.2) is 59.3 Å². The van der Waals surface area contributed by atoms with Crippen LogP contribution < -0.4 is 4.74 Å². The van der Waals surface area contributed by atoms with Crippen LogP contribution in [0.3, 0.4) is 0 Å². The zero-order valence-electron chi connectivity index (χ0n) is 22.2. The summed E-state index contributed by atoms with van der Waals surface area (Å²) in [6, 6.07) is 15.4. The van der Waals surface area contributed by atoms with Gasteiger partial charge in [0.1, 0.15) is 12.4 Å². The van der Waals surface area contributed by atoms with Gasteiger partial charge in [-0.3, -0.25) is 4.18 Å². The maximum atomic E-state index is 12.6. The number of aliphatic carboxylic acids is 1. The second kappa shape index (κ2) is 13.4. The van der Waals surface area contributed by atoms with Gasteiger partial charge < -0.3 is 19.5 Å². The molecule has 0 spiro atoms. The van der Waals surface area contributed by atoms with Gasteiger partial charge in [-0.2, -0.15) is 8.42 Å². The van der Waals surface area contributed by atoms with E-state index in [-0.39, 0.29) is 12.7 Å². The summed E-state index contributed by atoms with van der Waals surface area (Å²) >= 11 is 2.83. The molecule has 1 aliphatic rings. The highest BCUT2D eigenvalue weighted by molar-refractivity contribution is 7.85. The van der Waals surface area contributed by atoms with Crippen molar-refractivity contribution in [2.45, 2.75) is 49.9 Å². The number of carboxylic acids is 1. The molecule has 2 heterocycles. The van der Waals surface area contributed by atoms with Gasteiger partial charge in [0.05, 0.1) is 28.7 Å². The van der Waals surface area contributed by atoms with E-state index in [1.165, 1.54) is 22.7 Å². The van der Waals surface area contributed by atoms with Crippen LogP contribution >= 0.6 is 22.7 Å². The highest BCUT2D eigenvalue weighted by Crippen LogP contribution is 2.42. The van der Waals surface area contributed by atoms with Crippen molar-refractivity contribution in [2.75, 3.05) is 33.1 Å². The van der Waals surface area contributed by atoms with E-state index in [4.69, 9.17) is 13.7 Å². The van der Waals surface area contributed by atoms with Gasteiger partial charge in [0.15, 0.2) is 0 Å². The van der Waals surface area contributed by atoms with E-state index in [1.54, 1.807) is 0 Å². The minimum atomic E-state index is -3.42. The minimum Gasteiger partial charge on any atom is -0.492 e. The van der Waals surface area contributed by atoms with Gasteiger partial charge in [0.25, 0.3) is 10.1 Å². The molecule has 1 aromatic carbocycles.